The van der Waals surface area contributed by atoms with E-state index in [0.717, 1.165) is 0 Å². The fraction of sp³-hybridized carbons (Fsp3) is 0.143. The zero-order valence-corrected chi connectivity index (χ0v) is 7.88. The van der Waals surface area contributed by atoms with Gasteiger partial charge in [0.25, 0.3) is 0 Å². The van der Waals surface area contributed by atoms with Crippen molar-refractivity contribution in [2.75, 3.05) is 5.73 Å². The molecular formula is C7H11BN6. The summed E-state index contributed by atoms with van der Waals surface area (Å²) in [6, 6.07) is 0. The third-order valence-electron chi connectivity index (χ3n) is 1.33. The van der Waals surface area contributed by atoms with Crippen LogP contribution in [0, 0.1) is 0 Å². The molecule has 0 radical (unpaired) electrons. The van der Waals surface area contributed by atoms with Crippen LogP contribution in [0.15, 0.2) is 23.0 Å². The normalized spacial score (nSPS) is 12.9. The Kier molecular flexibility index (Phi) is 3.16. The molecule has 0 aliphatic carbocycles. The van der Waals surface area contributed by atoms with E-state index in [0.29, 0.717) is 17.4 Å². The maximum absolute atomic E-state index is 5.52. The van der Waals surface area contributed by atoms with Crippen LogP contribution in [-0.2, 0) is 0 Å². The van der Waals surface area contributed by atoms with Gasteiger partial charge in [-0.3, -0.25) is 0 Å². The topological polar surface area (TPSA) is 95.1 Å². The van der Waals surface area contributed by atoms with E-state index >= 15 is 0 Å². The van der Waals surface area contributed by atoms with E-state index in [1.54, 1.807) is 19.2 Å². The first-order valence-corrected chi connectivity index (χ1v) is 3.94. The fourth-order valence-electron chi connectivity index (χ4n) is 0.848. The molecule has 14 heavy (non-hydrogen) atoms. The third-order valence-corrected chi connectivity index (χ3v) is 1.33. The molecule has 1 heterocycles. The molecule has 0 spiro atoms. The predicted octanol–water partition coefficient (Wildman–Crippen LogP) is -1.37. The van der Waals surface area contributed by atoms with Crippen molar-refractivity contribution in [1.29, 1.82) is 0 Å². The van der Waals surface area contributed by atoms with Crippen LogP contribution in [0.1, 0.15) is 6.92 Å². The Morgan fingerprint density at radius 2 is 2.43 bits per heavy atom. The molecule has 4 N–H and O–H groups in total. The number of aromatic nitrogens is 3. The summed E-state index contributed by atoms with van der Waals surface area (Å²) in [6.45, 7) is 1.75. The van der Waals surface area contributed by atoms with Crippen molar-refractivity contribution in [1.82, 2.24) is 15.0 Å². The summed E-state index contributed by atoms with van der Waals surface area (Å²) in [5.74, 6) is 0.842. The van der Waals surface area contributed by atoms with Crippen molar-refractivity contribution in [2.24, 2.45) is 10.7 Å². The molecule has 0 saturated heterocycles. The van der Waals surface area contributed by atoms with Crippen LogP contribution >= 0.6 is 0 Å². The number of nitrogens with two attached hydrogens (primary N) is 2. The van der Waals surface area contributed by atoms with Crippen molar-refractivity contribution in [2.45, 2.75) is 6.92 Å². The number of hydrogen-bond acceptors (Lipinski definition) is 5. The van der Waals surface area contributed by atoms with Gasteiger partial charge in [0.1, 0.15) is 0 Å². The number of hydrogen-bond donors (Lipinski definition) is 2. The van der Waals surface area contributed by atoms with Gasteiger partial charge in [0.2, 0.25) is 0 Å². The van der Waals surface area contributed by atoms with Crippen molar-refractivity contribution >= 4 is 25.2 Å². The van der Waals surface area contributed by atoms with Gasteiger partial charge in [0.15, 0.2) is 0 Å². The van der Waals surface area contributed by atoms with Gasteiger partial charge >= 0.3 is 81.6 Å². The first-order valence-electron chi connectivity index (χ1n) is 3.94. The average Bonchev–Trinajstić information content (AvgIpc) is 2.50. The van der Waals surface area contributed by atoms with E-state index in [1.165, 1.54) is 10.8 Å². The van der Waals surface area contributed by atoms with Gasteiger partial charge in [-0.05, 0) is 0 Å². The van der Waals surface area contributed by atoms with E-state index in [2.05, 4.69) is 22.8 Å². The molecule has 0 atom stereocenters. The molecule has 0 aliphatic heterocycles. The summed E-state index contributed by atoms with van der Waals surface area (Å²) >= 11 is 0. The summed E-state index contributed by atoms with van der Waals surface area (Å²) in [6.07, 6.45) is 4.59. The van der Waals surface area contributed by atoms with Gasteiger partial charge in [-0.2, -0.15) is 0 Å². The second-order valence-corrected chi connectivity index (χ2v) is 2.65. The zero-order chi connectivity index (χ0) is 10.6. The van der Waals surface area contributed by atoms with Crippen LogP contribution in [0.2, 0.25) is 0 Å². The number of rotatable bonds is 2. The standard InChI is InChI=1S/C7H11BN6/c1-5(9)2-7(11-4-8)14-3-6(10)12-13-14/h2-4,8H,9-10H2,1H3/b5-2+,11-7+. The summed E-state index contributed by atoms with van der Waals surface area (Å²) < 4.78 is 1.42. The van der Waals surface area contributed by atoms with Gasteiger partial charge < -0.3 is 0 Å². The van der Waals surface area contributed by atoms with E-state index in [1.807, 2.05) is 0 Å². The number of anilines is 1. The van der Waals surface area contributed by atoms with E-state index in [4.69, 9.17) is 11.5 Å². The molecular weight excluding hydrogens is 179 g/mol. The molecule has 6 nitrogen and oxygen atoms in total. The van der Waals surface area contributed by atoms with Crippen LogP contribution < -0.4 is 11.5 Å². The number of allylic oxidation sites excluding steroid dienone is 2. The molecule has 0 saturated carbocycles. The minimum atomic E-state index is 0.324. The fourth-order valence-corrected chi connectivity index (χ4v) is 0.848. The van der Waals surface area contributed by atoms with Crippen LogP contribution in [0.25, 0.3) is 0 Å². The Morgan fingerprint density at radius 3 is 2.86 bits per heavy atom. The van der Waals surface area contributed by atoms with Gasteiger partial charge in [-0.1, -0.05) is 0 Å². The van der Waals surface area contributed by atoms with Crippen molar-refractivity contribution in [3.8, 4) is 0 Å². The maximum atomic E-state index is 5.52. The molecule has 0 amide bonds. The molecule has 7 heteroatoms. The van der Waals surface area contributed by atoms with Gasteiger partial charge in [-0.25, -0.2) is 0 Å². The molecule has 0 aromatic carbocycles. The molecule has 0 fully saturated rings. The molecule has 1 aromatic rings. The van der Waals surface area contributed by atoms with Gasteiger partial charge in [0, 0.05) is 0 Å². The zero-order valence-electron chi connectivity index (χ0n) is 7.88. The van der Waals surface area contributed by atoms with Crippen LogP contribution in [0.4, 0.5) is 5.82 Å². The van der Waals surface area contributed by atoms with E-state index in [-0.39, 0.29) is 0 Å². The van der Waals surface area contributed by atoms with Gasteiger partial charge in [0.05, 0.1) is 0 Å². The first-order chi connectivity index (χ1) is 6.63. The van der Waals surface area contributed by atoms with E-state index < -0.39 is 0 Å². The first kappa shape index (κ1) is 10.2. The molecule has 1 aromatic heterocycles. The molecule has 0 unspecified atom stereocenters. The predicted molar refractivity (Wildman–Crippen MR) is 58.4 cm³/mol. The van der Waals surface area contributed by atoms with Crippen molar-refractivity contribution < 1.29 is 0 Å². The van der Waals surface area contributed by atoms with Crippen LogP contribution in [-0.4, -0.2) is 34.4 Å². The minimum absolute atomic E-state index is 0.324. The van der Waals surface area contributed by atoms with Crippen LogP contribution in [0.5, 0.6) is 0 Å². The summed E-state index contributed by atoms with van der Waals surface area (Å²) in [4.78, 5) is 3.98. The number of aliphatic imine (C=N–C) groups is 1. The monoisotopic (exact) mass is 190 g/mol. The summed E-state index contributed by atoms with van der Waals surface area (Å²) in [5, 5.41) is 7.38. The SMILES string of the molecule is B=C/N=C(\C=C(/C)N)n1cc(N)nn1. The van der Waals surface area contributed by atoms with Crippen molar-refractivity contribution in [3.05, 3.63) is 18.0 Å². The Bertz CT molecular complexity index is 387. The summed E-state index contributed by atoms with van der Waals surface area (Å²) in [5.41, 5.74) is 11.5. The Balaban J connectivity index is 3.07. The van der Waals surface area contributed by atoms with E-state index in [9.17, 15) is 0 Å². The Labute approximate surface area is 82.4 Å². The Morgan fingerprint density at radius 1 is 1.71 bits per heavy atom. The summed E-state index contributed by atoms with van der Waals surface area (Å²) in [7, 11) is 3.49. The quantitative estimate of drug-likeness (QED) is 0.341. The van der Waals surface area contributed by atoms with Gasteiger partial charge in [-0.15, -0.1) is 0 Å². The molecule has 0 aliphatic rings. The molecule has 72 valence electrons. The average molecular weight is 190 g/mol. The Hall–Kier alpha value is -1.92. The number of nitrogens with zero attached hydrogens (tertiary/aromatic N) is 4. The second-order valence-electron chi connectivity index (χ2n) is 2.65. The number of nitrogen functional groups attached to an aromatic ring is 1. The van der Waals surface area contributed by atoms with Crippen molar-refractivity contribution in [3.63, 3.8) is 0 Å². The molecule has 0 bridgehead atoms. The third kappa shape index (κ3) is 2.54. The second kappa shape index (κ2) is 4.36. The van der Waals surface area contributed by atoms with Crippen LogP contribution in [0.3, 0.4) is 0 Å². The molecule has 1 rings (SSSR count).